The molecule has 1 unspecified atom stereocenters. The van der Waals surface area contributed by atoms with E-state index in [0.29, 0.717) is 24.7 Å². The molecule has 18 heavy (non-hydrogen) atoms. The summed E-state index contributed by atoms with van der Waals surface area (Å²) in [4.78, 5) is 4.37. The molecule has 0 radical (unpaired) electrons. The summed E-state index contributed by atoms with van der Waals surface area (Å²) in [6, 6.07) is 3.59. The number of aromatic nitrogens is 1. The number of ether oxygens (including phenoxy) is 1. The normalized spacial score (nSPS) is 20.3. The molecule has 1 aliphatic heterocycles. The summed E-state index contributed by atoms with van der Waals surface area (Å²) >= 11 is 4.61. The Hall–Kier alpha value is -0.330. The van der Waals surface area contributed by atoms with Gasteiger partial charge in [-0.3, -0.25) is 4.98 Å². The van der Waals surface area contributed by atoms with Crippen molar-refractivity contribution >= 4 is 23.0 Å². The third kappa shape index (κ3) is 2.65. The van der Waals surface area contributed by atoms with Gasteiger partial charge in [-0.05, 0) is 26.0 Å². The fourth-order valence-corrected chi connectivity index (χ4v) is 2.85. The molecule has 1 aromatic rings. The molecule has 4 nitrogen and oxygen atoms in total. The van der Waals surface area contributed by atoms with Gasteiger partial charge in [-0.15, -0.1) is 0 Å². The third-order valence-corrected chi connectivity index (χ3v) is 4.80. The Kier molecular flexibility index (Phi) is 3.90. The predicted molar refractivity (Wildman–Crippen MR) is 72.8 cm³/mol. The first-order valence-electron chi connectivity index (χ1n) is 5.72. The minimum atomic E-state index is -1.39. The van der Waals surface area contributed by atoms with Gasteiger partial charge in [0.15, 0.2) is 0 Å². The van der Waals surface area contributed by atoms with Crippen molar-refractivity contribution < 1.29 is 9.29 Å². The topological polar surface area (TPSA) is 71.2 Å². The minimum Gasteiger partial charge on any atom is -0.598 e. The van der Waals surface area contributed by atoms with E-state index < -0.39 is 16.1 Å². The van der Waals surface area contributed by atoms with Crippen molar-refractivity contribution in [2.24, 2.45) is 5.14 Å². The molecule has 6 heteroatoms. The number of hydrogen-bond acceptors (Lipinski definition) is 4. The van der Waals surface area contributed by atoms with Crippen LogP contribution in [0, 0.1) is 0 Å². The molecule has 0 aliphatic carbocycles. The molecule has 0 aromatic carbocycles. The Morgan fingerprint density at radius 1 is 1.61 bits per heavy atom. The molecule has 0 bridgehead atoms. The number of nitrogens with zero attached hydrogens (tertiary/aromatic N) is 1. The summed E-state index contributed by atoms with van der Waals surface area (Å²) in [7, 11) is 0. The maximum Gasteiger partial charge on any atom is 0.140 e. The summed E-state index contributed by atoms with van der Waals surface area (Å²) in [5, 5.41) is 6.20. The van der Waals surface area contributed by atoms with Crippen molar-refractivity contribution in [3.05, 3.63) is 29.0 Å². The van der Waals surface area contributed by atoms with Crippen molar-refractivity contribution in [1.29, 1.82) is 0 Å². The molecule has 100 valence electrons. The molecular weight excluding hydrogens is 272 g/mol. The van der Waals surface area contributed by atoms with Gasteiger partial charge in [0.1, 0.15) is 4.75 Å². The fraction of sp³-hybridized carbons (Fsp3) is 0.583. The largest absolute Gasteiger partial charge is 0.598 e. The molecule has 0 amide bonds. The molecule has 2 N–H and O–H groups in total. The van der Waals surface area contributed by atoms with E-state index in [0.717, 1.165) is 5.69 Å². The standard InChI is InChI=1S/C12H17ClN2O2S/c1-11(2,18(14)16)6-12(7-17-8-12)10-5-9(13)3-4-15-10/h3-5H,6-8,14H2,1-2H3. The second-order valence-corrected chi connectivity index (χ2v) is 7.50. The smallest absolute Gasteiger partial charge is 0.140 e. The van der Waals surface area contributed by atoms with Gasteiger partial charge in [-0.1, -0.05) is 11.6 Å². The Morgan fingerprint density at radius 2 is 2.28 bits per heavy atom. The molecule has 1 aromatic heterocycles. The van der Waals surface area contributed by atoms with Crippen molar-refractivity contribution in [1.82, 2.24) is 4.98 Å². The molecule has 1 aliphatic rings. The van der Waals surface area contributed by atoms with E-state index in [9.17, 15) is 4.55 Å². The highest BCUT2D eigenvalue weighted by Crippen LogP contribution is 2.40. The number of nitrogens with two attached hydrogens (primary N) is 1. The van der Waals surface area contributed by atoms with Gasteiger partial charge in [-0.25, -0.2) is 0 Å². The SMILES string of the molecule is CC(C)(CC1(c2cc(Cl)ccn2)COC1)[S+](N)[O-]. The molecule has 0 spiro atoms. The van der Waals surface area contributed by atoms with Crippen molar-refractivity contribution in [2.45, 2.75) is 30.4 Å². The average molecular weight is 289 g/mol. The maximum absolute atomic E-state index is 11.6. The van der Waals surface area contributed by atoms with Gasteiger partial charge < -0.3 is 9.29 Å². The van der Waals surface area contributed by atoms with Crippen LogP contribution >= 0.6 is 11.6 Å². The highest BCUT2D eigenvalue weighted by Gasteiger charge is 2.49. The number of halogens is 1. The summed E-state index contributed by atoms with van der Waals surface area (Å²) in [5.74, 6) is 0. The van der Waals surface area contributed by atoms with Crippen LogP contribution in [0.3, 0.4) is 0 Å². The Labute approximate surface area is 115 Å². The first-order valence-corrected chi connectivity index (χ1v) is 7.31. The van der Waals surface area contributed by atoms with Crippen LogP contribution in [0.4, 0.5) is 0 Å². The van der Waals surface area contributed by atoms with Crippen molar-refractivity contribution in [3.8, 4) is 0 Å². The maximum atomic E-state index is 11.6. The van der Waals surface area contributed by atoms with E-state index in [-0.39, 0.29) is 5.41 Å². The van der Waals surface area contributed by atoms with Gasteiger partial charge in [0, 0.05) is 29.0 Å². The van der Waals surface area contributed by atoms with E-state index in [2.05, 4.69) is 4.98 Å². The fourth-order valence-electron chi connectivity index (χ4n) is 2.27. The second-order valence-electron chi connectivity index (χ2n) is 5.37. The van der Waals surface area contributed by atoms with Gasteiger partial charge in [0.25, 0.3) is 0 Å². The van der Waals surface area contributed by atoms with Gasteiger partial charge in [0.05, 0.1) is 24.3 Å². The monoisotopic (exact) mass is 288 g/mol. The van der Waals surface area contributed by atoms with E-state index in [1.54, 1.807) is 12.3 Å². The van der Waals surface area contributed by atoms with Crippen LogP contribution in [0.5, 0.6) is 0 Å². The van der Waals surface area contributed by atoms with E-state index in [1.165, 1.54) is 0 Å². The van der Waals surface area contributed by atoms with Crippen LogP contribution in [0.25, 0.3) is 0 Å². The predicted octanol–water partition coefficient (Wildman–Crippen LogP) is 1.79. The number of hydrogen-bond donors (Lipinski definition) is 1. The molecule has 2 heterocycles. The van der Waals surface area contributed by atoms with Crippen molar-refractivity contribution in [2.75, 3.05) is 13.2 Å². The molecule has 2 rings (SSSR count). The van der Waals surface area contributed by atoms with Crippen LogP contribution in [0.15, 0.2) is 18.3 Å². The summed E-state index contributed by atoms with van der Waals surface area (Å²) in [5.41, 5.74) is 0.670. The zero-order valence-electron chi connectivity index (χ0n) is 10.5. The summed E-state index contributed by atoms with van der Waals surface area (Å²) < 4.78 is 16.4. The van der Waals surface area contributed by atoms with Crippen LogP contribution in [0.2, 0.25) is 5.02 Å². The van der Waals surface area contributed by atoms with E-state index in [4.69, 9.17) is 21.5 Å². The number of pyridine rings is 1. The van der Waals surface area contributed by atoms with Crippen LogP contribution in [0.1, 0.15) is 26.0 Å². The quantitative estimate of drug-likeness (QED) is 0.858. The first-order chi connectivity index (χ1) is 8.36. The van der Waals surface area contributed by atoms with Crippen LogP contribution in [-0.2, 0) is 21.5 Å². The Balaban J connectivity index is 2.27. The van der Waals surface area contributed by atoms with E-state index >= 15 is 0 Å². The lowest BCUT2D eigenvalue weighted by Crippen LogP contribution is -2.54. The van der Waals surface area contributed by atoms with Crippen molar-refractivity contribution in [3.63, 3.8) is 0 Å². The van der Waals surface area contributed by atoms with Gasteiger partial charge >= 0.3 is 0 Å². The third-order valence-electron chi connectivity index (χ3n) is 3.33. The summed E-state index contributed by atoms with van der Waals surface area (Å²) in [6.07, 6.45) is 2.35. The first kappa shape index (κ1) is 14.1. The van der Waals surface area contributed by atoms with E-state index in [1.807, 2.05) is 19.9 Å². The van der Waals surface area contributed by atoms with Gasteiger partial charge in [0.2, 0.25) is 0 Å². The van der Waals surface area contributed by atoms with Crippen LogP contribution in [-0.4, -0.2) is 27.5 Å². The summed E-state index contributed by atoms with van der Waals surface area (Å²) in [6.45, 7) is 4.93. The Morgan fingerprint density at radius 3 is 2.72 bits per heavy atom. The highest BCUT2D eigenvalue weighted by atomic mass is 35.5. The molecule has 0 saturated carbocycles. The highest BCUT2D eigenvalue weighted by molar-refractivity contribution is 7.90. The Bertz CT molecular complexity index is 436. The molecular formula is C12H17ClN2O2S. The second kappa shape index (κ2) is 4.98. The van der Waals surface area contributed by atoms with Gasteiger partial charge in [-0.2, -0.15) is 5.14 Å². The zero-order valence-corrected chi connectivity index (χ0v) is 12.1. The lowest BCUT2D eigenvalue weighted by Gasteiger charge is -2.44. The lowest BCUT2D eigenvalue weighted by atomic mass is 9.75. The average Bonchev–Trinajstić information content (AvgIpc) is 2.23. The molecule has 1 fully saturated rings. The lowest BCUT2D eigenvalue weighted by molar-refractivity contribution is -0.0701. The number of rotatable bonds is 4. The molecule has 1 atom stereocenters. The minimum absolute atomic E-state index is 0.219. The zero-order chi connectivity index (χ0) is 13.4. The van der Waals surface area contributed by atoms with Crippen LogP contribution < -0.4 is 5.14 Å². The molecule has 1 saturated heterocycles.